The second kappa shape index (κ2) is 10.4. The zero-order chi connectivity index (χ0) is 33.8. The smallest absolute Gasteiger partial charge is 0.0159 e. The summed E-state index contributed by atoms with van der Waals surface area (Å²) in [4.78, 5) is 0. The summed E-state index contributed by atoms with van der Waals surface area (Å²) in [7, 11) is 0. The molecule has 0 aliphatic heterocycles. The summed E-state index contributed by atoms with van der Waals surface area (Å²) in [5.41, 5.74) is 10.5. The zero-order valence-electron chi connectivity index (χ0n) is 28.7. The molecule has 0 unspecified atom stereocenters. The van der Waals surface area contributed by atoms with Gasteiger partial charge in [0.2, 0.25) is 0 Å². The lowest BCUT2D eigenvalue weighted by Gasteiger charge is -2.23. The minimum atomic E-state index is -0.136. The van der Waals surface area contributed by atoms with Gasteiger partial charge in [0, 0.05) is 5.41 Å². The molecule has 1 aliphatic rings. The van der Waals surface area contributed by atoms with Crippen LogP contribution in [0.25, 0.3) is 98.0 Å². The highest BCUT2D eigenvalue weighted by Gasteiger charge is 2.36. The summed E-state index contributed by atoms with van der Waals surface area (Å²) in [6.07, 6.45) is 0. The number of fused-ring (bicyclic) bond motifs is 9. The molecule has 0 heteroatoms. The molecule has 0 amide bonds. The van der Waals surface area contributed by atoms with Crippen molar-refractivity contribution in [3.63, 3.8) is 0 Å². The van der Waals surface area contributed by atoms with Gasteiger partial charge < -0.3 is 0 Å². The Labute approximate surface area is 297 Å². The van der Waals surface area contributed by atoms with E-state index < -0.39 is 0 Å². The van der Waals surface area contributed by atoms with Crippen LogP contribution in [0.4, 0.5) is 0 Å². The van der Waals surface area contributed by atoms with Crippen LogP contribution in [0.15, 0.2) is 170 Å². The molecular weight excluding hydrogens is 613 g/mol. The van der Waals surface area contributed by atoms with Gasteiger partial charge in [-0.05, 0) is 170 Å². The van der Waals surface area contributed by atoms with E-state index in [0.29, 0.717) is 0 Å². The summed E-state index contributed by atoms with van der Waals surface area (Å²) in [6, 6.07) is 63.9. The normalized spacial score (nSPS) is 13.5. The SMILES string of the molecule is CC1(C)c2cc(-c3cccc4cc5cc6ccccc6cc5cc34)ccc2-c2ccc(-c3cccc4cc5cc6ccccc6cc5cc34)cc21. The van der Waals surface area contributed by atoms with E-state index in [1.165, 1.54) is 109 Å². The summed E-state index contributed by atoms with van der Waals surface area (Å²) in [5.74, 6) is 0. The summed E-state index contributed by atoms with van der Waals surface area (Å²) in [5, 5.41) is 15.4. The van der Waals surface area contributed by atoms with E-state index in [-0.39, 0.29) is 5.41 Å². The molecule has 0 saturated heterocycles. The second-order valence-electron chi connectivity index (χ2n) is 15.0. The Hall–Kier alpha value is -6.24. The first-order chi connectivity index (χ1) is 25.0. The highest BCUT2D eigenvalue weighted by atomic mass is 14.4. The Kier molecular flexibility index (Phi) is 5.82. The third kappa shape index (κ3) is 4.27. The van der Waals surface area contributed by atoms with Crippen LogP contribution >= 0.6 is 0 Å². The summed E-state index contributed by atoms with van der Waals surface area (Å²) >= 11 is 0. The maximum absolute atomic E-state index is 2.46. The van der Waals surface area contributed by atoms with Crippen molar-refractivity contribution in [2.45, 2.75) is 19.3 Å². The molecule has 1 aliphatic carbocycles. The van der Waals surface area contributed by atoms with Crippen molar-refractivity contribution >= 4 is 64.6 Å². The van der Waals surface area contributed by atoms with E-state index in [2.05, 4.69) is 184 Å². The molecule has 0 radical (unpaired) electrons. The molecule has 0 saturated carbocycles. The third-order valence-electron chi connectivity index (χ3n) is 11.7. The van der Waals surface area contributed by atoms with Gasteiger partial charge in [-0.15, -0.1) is 0 Å². The van der Waals surface area contributed by atoms with E-state index in [1.54, 1.807) is 0 Å². The van der Waals surface area contributed by atoms with Crippen molar-refractivity contribution in [1.29, 1.82) is 0 Å². The Morgan fingerprint density at radius 3 is 1.04 bits per heavy atom. The fourth-order valence-corrected chi connectivity index (χ4v) is 9.01. The molecule has 238 valence electrons. The number of benzene rings is 10. The average Bonchev–Trinajstić information content (AvgIpc) is 3.38. The fourth-order valence-electron chi connectivity index (χ4n) is 9.01. The molecular formula is C51H34. The molecule has 10 aromatic carbocycles. The van der Waals surface area contributed by atoms with Gasteiger partial charge in [-0.1, -0.05) is 123 Å². The van der Waals surface area contributed by atoms with E-state index in [0.717, 1.165) is 0 Å². The average molecular weight is 647 g/mol. The highest BCUT2D eigenvalue weighted by Crippen LogP contribution is 2.51. The number of hydrogen-bond donors (Lipinski definition) is 0. The van der Waals surface area contributed by atoms with Crippen LogP contribution in [0.3, 0.4) is 0 Å². The molecule has 0 bridgehead atoms. The predicted octanol–water partition coefficient (Wildman–Crippen LogP) is 14.2. The zero-order valence-corrected chi connectivity index (χ0v) is 28.7. The lowest BCUT2D eigenvalue weighted by atomic mass is 9.80. The molecule has 0 atom stereocenters. The maximum atomic E-state index is 2.46. The minimum absolute atomic E-state index is 0.136. The van der Waals surface area contributed by atoms with E-state index >= 15 is 0 Å². The fraction of sp³-hybridized carbons (Fsp3) is 0.0588. The van der Waals surface area contributed by atoms with Crippen molar-refractivity contribution in [2.24, 2.45) is 0 Å². The van der Waals surface area contributed by atoms with Crippen molar-refractivity contribution < 1.29 is 0 Å². The molecule has 51 heavy (non-hydrogen) atoms. The van der Waals surface area contributed by atoms with Crippen molar-refractivity contribution in [3.8, 4) is 33.4 Å². The van der Waals surface area contributed by atoms with Crippen molar-refractivity contribution in [1.82, 2.24) is 0 Å². The van der Waals surface area contributed by atoms with Crippen LogP contribution in [0, 0.1) is 0 Å². The van der Waals surface area contributed by atoms with Gasteiger partial charge >= 0.3 is 0 Å². The Morgan fingerprint density at radius 2 is 0.627 bits per heavy atom. The summed E-state index contributed by atoms with van der Waals surface area (Å²) in [6.45, 7) is 4.79. The molecule has 0 aromatic heterocycles. The van der Waals surface area contributed by atoms with E-state index in [9.17, 15) is 0 Å². The topological polar surface area (TPSA) is 0 Å². The lowest BCUT2D eigenvalue weighted by molar-refractivity contribution is 0.661. The van der Waals surface area contributed by atoms with Crippen LogP contribution in [0.1, 0.15) is 25.0 Å². The van der Waals surface area contributed by atoms with E-state index in [1.807, 2.05) is 0 Å². The van der Waals surface area contributed by atoms with Gasteiger partial charge in [0.1, 0.15) is 0 Å². The molecule has 0 heterocycles. The van der Waals surface area contributed by atoms with Crippen LogP contribution in [-0.2, 0) is 5.41 Å². The highest BCUT2D eigenvalue weighted by molar-refractivity contribution is 6.10. The second-order valence-corrected chi connectivity index (χ2v) is 15.0. The molecule has 11 rings (SSSR count). The molecule has 0 fully saturated rings. The Balaban J connectivity index is 1.02. The Morgan fingerprint density at radius 1 is 0.275 bits per heavy atom. The van der Waals surface area contributed by atoms with Crippen molar-refractivity contribution in [3.05, 3.63) is 181 Å². The lowest BCUT2D eigenvalue weighted by Crippen LogP contribution is -2.15. The first-order valence-electron chi connectivity index (χ1n) is 18.0. The predicted molar refractivity (Wildman–Crippen MR) is 220 cm³/mol. The molecule has 0 N–H and O–H groups in total. The summed E-state index contributed by atoms with van der Waals surface area (Å²) < 4.78 is 0. The minimum Gasteiger partial charge on any atom is -0.0616 e. The monoisotopic (exact) mass is 646 g/mol. The van der Waals surface area contributed by atoms with E-state index in [4.69, 9.17) is 0 Å². The van der Waals surface area contributed by atoms with Gasteiger partial charge in [0.25, 0.3) is 0 Å². The molecule has 0 nitrogen and oxygen atoms in total. The first kappa shape index (κ1) is 28.6. The van der Waals surface area contributed by atoms with Crippen LogP contribution in [-0.4, -0.2) is 0 Å². The first-order valence-corrected chi connectivity index (χ1v) is 18.0. The largest absolute Gasteiger partial charge is 0.0616 e. The third-order valence-corrected chi connectivity index (χ3v) is 11.7. The van der Waals surface area contributed by atoms with Gasteiger partial charge in [-0.2, -0.15) is 0 Å². The molecule has 0 spiro atoms. The maximum Gasteiger partial charge on any atom is 0.0159 e. The van der Waals surface area contributed by atoms with Gasteiger partial charge in [0.05, 0.1) is 0 Å². The Bertz CT molecular complexity index is 2890. The van der Waals surface area contributed by atoms with Crippen LogP contribution in [0.2, 0.25) is 0 Å². The van der Waals surface area contributed by atoms with Crippen LogP contribution in [0.5, 0.6) is 0 Å². The number of hydrogen-bond acceptors (Lipinski definition) is 0. The van der Waals surface area contributed by atoms with Gasteiger partial charge in [-0.3, -0.25) is 0 Å². The van der Waals surface area contributed by atoms with Gasteiger partial charge in [0.15, 0.2) is 0 Å². The quantitative estimate of drug-likeness (QED) is 0.164. The van der Waals surface area contributed by atoms with Gasteiger partial charge in [-0.25, -0.2) is 0 Å². The molecule has 10 aromatic rings. The van der Waals surface area contributed by atoms with Crippen LogP contribution < -0.4 is 0 Å². The standard InChI is InChI=1S/C51H34/c1-51(2)49-29-37(43-15-7-13-35-25-39-21-31-9-3-5-11-33(31)23-41(39)27-47(35)43)17-19-45(49)46-20-18-38(30-50(46)51)44-16-8-14-36-26-40-22-32-10-4-6-12-34(32)24-42(40)28-48(36)44/h3-30H,1-2H3. The number of rotatable bonds is 2. The van der Waals surface area contributed by atoms with Crippen molar-refractivity contribution in [2.75, 3.05) is 0 Å².